The van der Waals surface area contributed by atoms with E-state index >= 15 is 0 Å². The Labute approximate surface area is 116 Å². The first-order chi connectivity index (χ1) is 9.02. The van der Waals surface area contributed by atoms with Crippen LogP contribution in [0.5, 0.6) is 0 Å². The zero-order chi connectivity index (χ0) is 14.3. The van der Waals surface area contributed by atoms with E-state index in [2.05, 4.69) is 31.4 Å². The number of anilines is 2. The van der Waals surface area contributed by atoms with Gasteiger partial charge in [0.15, 0.2) is 0 Å². The Balaban J connectivity index is 2.63. The van der Waals surface area contributed by atoms with Gasteiger partial charge in [0.2, 0.25) is 5.91 Å². The number of hydrogen-bond acceptors (Lipinski definition) is 2. The van der Waals surface area contributed by atoms with Gasteiger partial charge >= 0.3 is 0 Å². The number of nitrogens with one attached hydrogen (secondary N) is 2. The third-order valence-corrected chi connectivity index (χ3v) is 3.20. The lowest BCUT2D eigenvalue weighted by Gasteiger charge is -2.18. The van der Waals surface area contributed by atoms with Gasteiger partial charge in [-0.3, -0.25) is 4.79 Å². The Morgan fingerprint density at radius 2 is 2.05 bits per heavy atom. The van der Waals surface area contributed by atoms with Crippen LogP contribution in [0.25, 0.3) is 0 Å². The maximum absolute atomic E-state index is 11.1. The second-order valence-corrected chi connectivity index (χ2v) is 5.25. The molecule has 19 heavy (non-hydrogen) atoms. The highest BCUT2D eigenvalue weighted by molar-refractivity contribution is 5.89. The summed E-state index contributed by atoms with van der Waals surface area (Å²) in [6.07, 6.45) is 4.98. The summed E-state index contributed by atoms with van der Waals surface area (Å²) in [7, 11) is 0. The number of carbonyl (C=O) groups excluding carboxylic acids is 1. The van der Waals surface area contributed by atoms with Crippen molar-refractivity contribution in [3.05, 3.63) is 23.8 Å². The van der Waals surface area contributed by atoms with Crippen LogP contribution in [0.4, 0.5) is 11.4 Å². The molecule has 3 nitrogen and oxygen atoms in total. The number of unbranched alkanes of at least 4 members (excludes halogenated alkanes) is 2. The minimum atomic E-state index is -0.0363. The van der Waals surface area contributed by atoms with Crippen molar-refractivity contribution in [2.45, 2.75) is 59.4 Å². The second kappa shape index (κ2) is 7.82. The minimum absolute atomic E-state index is 0.0363. The van der Waals surface area contributed by atoms with Crippen LogP contribution in [-0.2, 0) is 4.79 Å². The third-order valence-electron chi connectivity index (χ3n) is 3.20. The summed E-state index contributed by atoms with van der Waals surface area (Å²) in [4.78, 5) is 11.1. The average Bonchev–Trinajstić information content (AvgIpc) is 2.33. The van der Waals surface area contributed by atoms with Crippen LogP contribution in [0.2, 0.25) is 0 Å². The molecule has 0 bridgehead atoms. The number of benzene rings is 1. The van der Waals surface area contributed by atoms with Gasteiger partial charge in [0.25, 0.3) is 0 Å². The zero-order valence-corrected chi connectivity index (χ0v) is 12.5. The van der Waals surface area contributed by atoms with Crippen LogP contribution in [0, 0.1) is 6.92 Å². The molecule has 0 aliphatic heterocycles. The van der Waals surface area contributed by atoms with Crippen molar-refractivity contribution >= 4 is 17.3 Å². The molecule has 0 aliphatic rings. The van der Waals surface area contributed by atoms with Gasteiger partial charge in [0.05, 0.1) is 0 Å². The van der Waals surface area contributed by atoms with Gasteiger partial charge < -0.3 is 10.6 Å². The van der Waals surface area contributed by atoms with E-state index in [1.807, 2.05) is 18.2 Å². The largest absolute Gasteiger partial charge is 0.382 e. The van der Waals surface area contributed by atoms with Gasteiger partial charge in [-0.05, 0) is 38.0 Å². The van der Waals surface area contributed by atoms with E-state index in [4.69, 9.17) is 0 Å². The highest BCUT2D eigenvalue weighted by Gasteiger charge is 2.06. The van der Waals surface area contributed by atoms with Gasteiger partial charge in [-0.2, -0.15) is 0 Å². The highest BCUT2D eigenvalue weighted by atomic mass is 16.1. The highest BCUT2D eigenvalue weighted by Crippen LogP contribution is 2.22. The smallest absolute Gasteiger partial charge is 0.221 e. The van der Waals surface area contributed by atoms with Crippen molar-refractivity contribution in [1.82, 2.24) is 0 Å². The first-order valence-corrected chi connectivity index (χ1v) is 7.17. The monoisotopic (exact) mass is 262 g/mol. The maximum Gasteiger partial charge on any atom is 0.221 e. The van der Waals surface area contributed by atoms with E-state index in [0.717, 1.165) is 11.4 Å². The van der Waals surface area contributed by atoms with Crippen LogP contribution < -0.4 is 10.6 Å². The lowest BCUT2D eigenvalue weighted by molar-refractivity contribution is -0.114. The standard InChI is InChI=1S/C16H26N2O/c1-5-6-7-8-13(3)17-16-11-15(18-14(4)19)10-9-12(16)2/h9-11,13,17H,5-8H2,1-4H3,(H,18,19). The molecule has 1 aromatic carbocycles. The summed E-state index contributed by atoms with van der Waals surface area (Å²) in [5.74, 6) is -0.0363. The van der Waals surface area contributed by atoms with Crippen LogP contribution in [0.1, 0.15) is 52.0 Å². The minimum Gasteiger partial charge on any atom is -0.382 e. The van der Waals surface area contributed by atoms with Crippen LogP contribution in [-0.4, -0.2) is 11.9 Å². The van der Waals surface area contributed by atoms with Crippen molar-refractivity contribution in [2.24, 2.45) is 0 Å². The van der Waals surface area contributed by atoms with Gasteiger partial charge in [0, 0.05) is 24.3 Å². The molecule has 106 valence electrons. The molecule has 1 atom stereocenters. The molecule has 1 unspecified atom stereocenters. The van der Waals surface area contributed by atoms with Crippen LogP contribution in [0.3, 0.4) is 0 Å². The molecular weight excluding hydrogens is 236 g/mol. The fourth-order valence-corrected chi connectivity index (χ4v) is 2.10. The third kappa shape index (κ3) is 5.77. The summed E-state index contributed by atoms with van der Waals surface area (Å²) in [5, 5.41) is 6.35. The Morgan fingerprint density at radius 3 is 2.68 bits per heavy atom. The molecule has 1 rings (SSSR count). The van der Waals surface area contributed by atoms with Gasteiger partial charge in [-0.1, -0.05) is 32.3 Å². The fourth-order valence-electron chi connectivity index (χ4n) is 2.10. The van der Waals surface area contributed by atoms with E-state index < -0.39 is 0 Å². The Morgan fingerprint density at radius 1 is 1.32 bits per heavy atom. The topological polar surface area (TPSA) is 41.1 Å². The predicted molar refractivity (Wildman–Crippen MR) is 82.7 cm³/mol. The number of amides is 1. The Kier molecular flexibility index (Phi) is 6.40. The molecule has 0 radical (unpaired) electrons. The van der Waals surface area contributed by atoms with E-state index in [9.17, 15) is 4.79 Å². The number of hydrogen-bond donors (Lipinski definition) is 2. The number of aryl methyl sites for hydroxylation is 1. The number of rotatable bonds is 7. The van der Waals surface area contributed by atoms with E-state index in [0.29, 0.717) is 6.04 Å². The van der Waals surface area contributed by atoms with Gasteiger partial charge in [0.1, 0.15) is 0 Å². The molecule has 0 aromatic heterocycles. The summed E-state index contributed by atoms with van der Waals surface area (Å²) in [5.41, 5.74) is 3.16. The summed E-state index contributed by atoms with van der Waals surface area (Å²) < 4.78 is 0. The molecule has 3 heteroatoms. The first-order valence-electron chi connectivity index (χ1n) is 7.17. The van der Waals surface area contributed by atoms with E-state index in [1.54, 1.807) is 0 Å². The number of carbonyl (C=O) groups is 1. The lowest BCUT2D eigenvalue weighted by Crippen LogP contribution is -2.16. The quantitative estimate of drug-likeness (QED) is 0.718. The Bertz CT molecular complexity index is 415. The van der Waals surface area contributed by atoms with Crippen molar-refractivity contribution in [1.29, 1.82) is 0 Å². The molecule has 0 aliphatic carbocycles. The van der Waals surface area contributed by atoms with Crippen molar-refractivity contribution in [2.75, 3.05) is 10.6 Å². The Hall–Kier alpha value is -1.51. The van der Waals surface area contributed by atoms with Crippen LogP contribution >= 0.6 is 0 Å². The second-order valence-electron chi connectivity index (χ2n) is 5.25. The maximum atomic E-state index is 11.1. The summed E-state index contributed by atoms with van der Waals surface area (Å²) in [6, 6.07) is 6.43. The summed E-state index contributed by atoms with van der Waals surface area (Å²) >= 11 is 0. The average molecular weight is 262 g/mol. The van der Waals surface area contributed by atoms with Crippen molar-refractivity contribution in [3.8, 4) is 0 Å². The van der Waals surface area contributed by atoms with Gasteiger partial charge in [-0.15, -0.1) is 0 Å². The first kappa shape index (κ1) is 15.5. The zero-order valence-electron chi connectivity index (χ0n) is 12.5. The molecule has 0 saturated carbocycles. The predicted octanol–water partition coefficient (Wildman–Crippen LogP) is 4.33. The molecule has 0 saturated heterocycles. The van der Waals surface area contributed by atoms with Crippen molar-refractivity contribution < 1.29 is 4.79 Å². The molecule has 0 fully saturated rings. The molecular formula is C16H26N2O. The molecule has 2 N–H and O–H groups in total. The van der Waals surface area contributed by atoms with Crippen LogP contribution in [0.15, 0.2) is 18.2 Å². The summed E-state index contributed by atoms with van der Waals surface area (Å²) in [6.45, 7) is 8.04. The molecule has 0 heterocycles. The van der Waals surface area contributed by atoms with Crippen molar-refractivity contribution in [3.63, 3.8) is 0 Å². The van der Waals surface area contributed by atoms with E-state index in [-0.39, 0.29) is 5.91 Å². The van der Waals surface area contributed by atoms with E-state index in [1.165, 1.54) is 38.2 Å². The molecule has 1 aromatic rings. The SMILES string of the molecule is CCCCCC(C)Nc1cc(NC(C)=O)ccc1C. The normalized spacial score (nSPS) is 12.0. The fraction of sp³-hybridized carbons (Fsp3) is 0.562. The lowest BCUT2D eigenvalue weighted by atomic mass is 10.1. The molecule has 1 amide bonds. The molecule has 0 spiro atoms. The van der Waals surface area contributed by atoms with Gasteiger partial charge in [-0.25, -0.2) is 0 Å².